The first kappa shape index (κ1) is 14.9. The second-order valence-electron chi connectivity index (χ2n) is 5.11. The van der Waals surface area contributed by atoms with Crippen LogP contribution in [0.1, 0.15) is 13.3 Å². The first-order valence-electron chi connectivity index (χ1n) is 6.77. The minimum atomic E-state index is -0.233. The molecule has 1 unspecified atom stereocenters. The molecule has 3 N–H and O–H groups in total. The lowest BCUT2D eigenvalue weighted by Crippen LogP contribution is -2.47. The second-order valence-corrected chi connectivity index (χ2v) is 5.55. The highest BCUT2D eigenvalue weighted by Crippen LogP contribution is 2.22. The fourth-order valence-corrected chi connectivity index (χ4v) is 2.39. The molecule has 6 heteroatoms. The third-order valence-electron chi connectivity index (χ3n) is 3.37. The van der Waals surface area contributed by atoms with Crippen LogP contribution >= 0.6 is 11.6 Å². The molecule has 1 aromatic carbocycles. The van der Waals surface area contributed by atoms with Crippen LogP contribution in [0.25, 0.3) is 0 Å². The number of carbonyl (C=O) groups is 1. The van der Waals surface area contributed by atoms with Gasteiger partial charge in [-0.2, -0.15) is 0 Å². The van der Waals surface area contributed by atoms with E-state index in [9.17, 15) is 4.79 Å². The van der Waals surface area contributed by atoms with E-state index in [1.165, 1.54) is 0 Å². The number of aliphatic hydroxyl groups excluding tert-OH is 1. The molecule has 0 aromatic heterocycles. The molecule has 0 spiro atoms. The largest absolute Gasteiger partial charge is 0.394 e. The van der Waals surface area contributed by atoms with Gasteiger partial charge in [-0.3, -0.25) is 0 Å². The fourth-order valence-electron chi connectivity index (χ4n) is 2.26. The number of amides is 2. The number of urea groups is 1. The minimum absolute atomic E-state index is 0.0605. The molecule has 0 aliphatic carbocycles. The van der Waals surface area contributed by atoms with E-state index >= 15 is 0 Å². The van der Waals surface area contributed by atoms with Crippen LogP contribution in [-0.4, -0.2) is 42.9 Å². The molecule has 1 aromatic rings. The van der Waals surface area contributed by atoms with Crippen molar-refractivity contribution in [3.63, 3.8) is 0 Å². The molecule has 20 heavy (non-hydrogen) atoms. The summed E-state index contributed by atoms with van der Waals surface area (Å²) in [6.45, 7) is 3.38. The van der Waals surface area contributed by atoms with Gasteiger partial charge >= 0.3 is 6.03 Å². The van der Waals surface area contributed by atoms with Crippen LogP contribution in [0, 0.1) is 0 Å². The Hall–Kier alpha value is -1.46. The quantitative estimate of drug-likeness (QED) is 0.791. The summed E-state index contributed by atoms with van der Waals surface area (Å²) in [7, 11) is 0. The number of carbonyl (C=O) groups excluding carboxylic acids is 1. The van der Waals surface area contributed by atoms with Gasteiger partial charge in [0.1, 0.15) is 0 Å². The van der Waals surface area contributed by atoms with E-state index in [1.807, 2.05) is 24.3 Å². The summed E-state index contributed by atoms with van der Waals surface area (Å²) in [5, 5.41) is 15.2. The number of nitrogens with one attached hydrogen (secondary N) is 2. The molecule has 2 amide bonds. The van der Waals surface area contributed by atoms with Crippen LogP contribution in [0.4, 0.5) is 10.5 Å². The lowest BCUT2D eigenvalue weighted by molar-refractivity contribution is 0.218. The molecule has 0 saturated carbocycles. The van der Waals surface area contributed by atoms with Crippen LogP contribution in [-0.2, 0) is 0 Å². The standard InChI is InChI=1S/C14H20ClN3O2/c1-10(9-19)16-14(20)17-12-6-7-18(8-12)13-4-2-11(15)3-5-13/h2-5,10,12,19H,6-9H2,1H3,(H2,16,17,20)/t10-,12?/m0/s1. The Kier molecular flexibility index (Phi) is 5.09. The average Bonchev–Trinajstić information content (AvgIpc) is 2.87. The van der Waals surface area contributed by atoms with E-state index in [0.29, 0.717) is 0 Å². The Morgan fingerprint density at radius 1 is 1.50 bits per heavy atom. The van der Waals surface area contributed by atoms with Crippen LogP contribution in [0.2, 0.25) is 5.02 Å². The molecule has 0 radical (unpaired) electrons. The SMILES string of the molecule is C[C@@H](CO)NC(=O)NC1CCN(c2ccc(Cl)cc2)C1. The summed E-state index contributed by atoms with van der Waals surface area (Å²) in [5.74, 6) is 0. The molecule has 1 aliphatic heterocycles. The van der Waals surface area contributed by atoms with Gasteiger partial charge < -0.3 is 20.6 Å². The van der Waals surface area contributed by atoms with Crippen LogP contribution < -0.4 is 15.5 Å². The lowest BCUT2D eigenvalue weighted by Gasteiger charge is -2.20. The normalized spacial score (nSPS) is 19.8. The first-order valence-corrected chi connectivity index (χ1v) is 7.14. The lowest BCUT2D eigenvalue weighted by atomic mass is 10.2. The Morgan fingerprint density at radius 3 is 2.85 bits per heavy atom. The maximum Gasteiger partial charge on any atom is 0.315 e. The van der Waals surface area contributed by atoms with E-state index < -0.39 is 0 Å². The van der Waals surface area contributed by atoms with Crippen molar-refractivity contribution in [2.75, 3.05) is 24.6 Å². The predicted octanol–water partition coefficient (Wildman–Crippen LogP) is 1.60. The number of halogens is 1. The van der Waals surface area contributed by atoms with Gasteiger partial charge in [0.2, 0.25) is 0 Å². The third kappa shape index (κ3) is 4.02. The van der Waals surface area contributed by atoms with Crippen molar-refractivity contribution in [1.82, 2.24) is 10.6 Å². The predicted molar refractivity (Wildman–Crippen MR) is 80.3 cm³/mol. The van der Waals surface area contributed by atoms with Crippen molar-refractivity contribution in [3.8, 4) is 0 Å². The van der Waals surface area contributed by atoms with Crippen LogP contribution in [0.3, 0.4) is 0 Å². The Morgan fingerprint density at radius 2 is 2.20 bits per heavy atom. The fraction of sp³-hybridized carbons (Fsp3) is 0.500. The zero-order valence-electron chi connectivity index (χ0n) is 11.5. The van der Waals surface area contributed by atoms with Gasteiger partial charge in [-0.1, -0.05) is 11.6 Å². The molecule has 2 atom stereocenters. The van der Waals surface area contributed by atoms with Crippen molar-refractivity contribution in [1.29, 1.82) is 0 Å². The Labute approximate surface area is 123 Å². The van der Waals surface area contributed by atoms with Crippen molar-refractivity contribution in [2.24, 2.45) is 0 Å². The van der Waals surface area contributed by atoms with Gasteiger partial charge in [0, 0.05) is 29.8 Å². The topological polar surface area (TPSA) is 64.6 Å². The molecule has 2 rings (SSSR count). The van der Waals surface area contributed by atoms with E-state index in [1.54, 1.807) is 6.92 Å². The van der Waals surface area contributed by atoms with Crippen molar-refractivity contribution >= 4 is 23.3 Å². The highest BCUT2D eigenvalue weighted by Gasteiger charge is 2.24. The maximum absolute atomic E-state index is 11.7. The Bertz CT molecular complexity index is 452. The summed E-state index contributed by atoms with van der Waals surface area (Å²) in [6, 6.07) is 7.37. The molecular formula is C14H20ClN3O2. The number of benzene rings is 1. The molecule has 1 heterocycles. The number of hydrogen-bond acceptors (Lipinski definition) is 3. The van der Waals surface area contributed by atoms with Gasteiger partial charge in [0.25, 0.3) is 0 Å². The van der Waals surface area contributed by atoms with Crippen LogP contribution in [0.5, 0.6) is 0 Å². The van der Waals surface area contributed by atoms with E-state index in [-0.39, 0.29) is 24.7 Å². The number of hydrogen-bond donors (Lipinski definition) is 3. The highest BCUT2D eigenvalue weighted by molar-refractivity contribution is 6.30. The van der Waals surface area contributed by atoms with Gasteiger partial charge in [0.15, 0.2) is 0 Å². The van der Waals surface area contributed by atoms with E-state index in [4.69, 9.17) is 16.7 Å². The molecule has 110 valence electrons. The van der Waals surface area contributed by atoms with Gasteiger partial charge in [0.05, 0.1) is 12.6 Å². The number of aliphatic hydroxyl groups is 1. The van der Waals surface area contributed by atoms with Crippen LogP contribution in [0.15, 0.2) is 24.3 Å². The molecule has 0 bridgehead atoms. The molecule has 1 aliphatic rings. The number of rotatable bonds is 4. The van der Waals surface area contributed by atoms with Crippen molar-refractivity contribution in [2.45, 2.75) is 25.4 Å². The summed E-state index contributed by atoms with van der Waals surface area (Å²) < 4.78 is 0. The maximum atomic E-state index is 11.7. The molecule has 1 saturated heterocycles. The average molecular weight is 298 g/mol. The smallest absolute Gasteiger partial charge is 0.315 e. The van der Waals surface area contributed by atoms with E-state index in [2.05, 4.69) is 15.5 Å². The van der Waals surface area contributed by atoms with E-state index in [0.717, 1.165) is 30.2 Å². The second kappa shape index (κ2) is 6.81. The minimum Gasteiger partial charge on any atom is -0.394 e. The number of nitrogens with zero attached hydrogens (tertiary/aromatic N) is 1. The van der Waals surface area contributed by atoms with Gasteiger partial charge in [-0.15, -0.1) is 0 Å². The Balaban J connectivity index is 1.83. The van der Waals surface area contributed by atoms with Gasteiger partial charge in [-0.05, 0) is 37.6 Å². The summed E-state index contributed by atoms with van der Waals surface area (Å²) in [4.78, 5) is 13.9. The first-order chi connectivity index (χ1) is 9.58. The number of anilines is 1. The van der Waals surface area contributed by atoms with Crippen molar-refractivity contribution in [3.05, 3.63) is 29.3 Å². The molecular weight excluding hydrogens is 278 g/mol. The zero-order chi connectivity index (χ0) is 14.5. The van der Waals surface area contributed by atoms with Gasteiger partial charge in [-0.25, -0.2) is 4.79 Å². The zero-order valence-corrected chi connectivity index (χ0v) is 12.2. The monoisotopic (exact) mass is 297 g/mol. The summed E-state index contributed by atoms with van der Waals surface area (Å²) in [5.41, 5.74) is 1.11. The van der Waals surface area contributed by atoms with Crippen molar-refractivity contribution < 1.29 is 9.90 Å². The molecule has 5 nitrogen and oxygen atoms in total. The molecule has 1 fully saturated rings. The summed E-state index contributed by atoms with van der Waals surface area (Å²) >= 11 is 5.87. The highest BCUT2D eigenvalue weighted by atomic mass is 35.5. The summed E-state index contributed by atoms with van der Waals surface area (Å²) in [6.07, 6.45) is 0.906. The third-order valence-corrected chi connectivity index (χ3v) is 3.62.